The zero-order chi connectivity index (χ0) is 19.8. The van der Waals surface area contributed by atoms with E-state index in [-0.39, 0.29) is 11.7 Å². The van der Waals surface area contributed by atoms with Crippen LogP contribution in [0.2, 0.25) is 0 Å². The number of carbonyl (C=O) groups excluding carboxylic acids is 1. The molecule has 2 aromatic rings. The molecule has 0 radical (unpaired) electrons. The predicted octanol–water partition coefficient (Wildman–Crippen LogP) is 3.57. The van der Waals surface area contributed by atoms with E-state index in [0.717, 1.165) is 24.1 Å². The Kier molecular flexibility index (Phi) is 4.49. The van der Waals surface area contributed by atoms with E-state index in [4.69, 9.17) is 9.47 Å². The average Bonchev–Trinajstić information content (AvgIpc) is 3.31. The number of nitrogens with one attached hydrogen (secondary N) is 2. The Morgan fingerprint density at radius 1 is 1.10 bits per heavy atom. The molecule has 3 aliphatic heterocycles. The number of hydrogen-bond donors (Lipinski definition) is 2. The molecule has 5 rings (SSSR count). The van der Waals surface area contributed by atoms with Crippen LogP contribution in [0.3, 0.4) is 0 Å². The average molecular weight is 395 g/mol. The highest BCUT2D eigenvalue weighted by Crippen LogP contribution is 2.35. The monoisotopic (exact) mass is 395 g/mol. The van der Waals surface area contributed by atoms with Gasteiger partial charge >= 0.3 is 0 Å². The lowest BCUT2D eigenvalue weighted by Crippen LogP contribution is -2.45. The van der Waals surface area contributed by atoms with Crippen LogP contribution in [0.5, 0.6) is 0 Å². The van der Waals surface area contributed by atoms with E-state index in [1.165, 1.54) is 6.07 Å². The first-order chi connectivity index (χ1) is 14.1. The van der Waals surface area contributed by atoms with Gasteiger partial charge in [0.1, 0.15) is 5.82 Å². The number of benzene rings is 2. The van der Waals surface area contributed by atoms with Gasteiger partial charge in [-0.2, -0.15) is 0 Å². The Hall–Kier alpha value is -2.90. The van der Waals surface area contributed by atoms with Crippen LogP contribution in [-0.4, -0.2) is 38.0 Å². The van der Waals surface area contributed by atoms with E-state index < -0.39 is 5.79 Å². The normalized spacial score (nSPS) is 21.5. The van der Waals surface area contributed by atoms with E-state index in [0.29, 0.717) is 43.3 Å². The minimum atomic E-state index is -0.473. The summed E-state index contributed by atoms with van der Waals surface area (Å²) in [5.74, 6) is -0.943. The van der Waals surface area contributed by atoms with E-state index in [1.807, 2.05) is 35.2 Å². The van der Waals surface area contributed by atoms with Gasteiger partial charge in [0.15, 0.2) is 5.79 Å². The van der Waals surface area contributed by atoms with E-state index in [2.05, 4.69) is 10.6 Å². The molecular weight excluding hydrogens is 373 g/mol. The standard InChI is InChI=1S/C22H22FN3O3/c23-18-13-15(24-14-17-16-3-1-2-4-19(16)25-21(17)27)5-6-20(18)26-9-7-22(8-10-26)28-11-12-29-22/h1-6,13-14,24H,7-12H2,(H,25,27)/b17-14+. The van der Waals surface area contributed by atoms with Crippen molar-refractivity contribution in [3.05, 3.63) is 60.0 Å². The maximum Gasteiger partial charge on any atom is 0.257 e. The molecule has 29 heavy (non-hydrogen) atoms. The first kappa shape index (κ1) is 18.1. The topological polar surface area (TPSA) is 62.8 Å². The molecule has 150 valence electrons. The van der Waals surface area contributed by atoms with Gasteiger partial charge in [-0.3, -0.25) is 4.79 Å². The van der Waals surface area contributed by atoms with E-state index in [9.17, 15) is 9.18 Å². The summed E-state index contributed by atoms with van der Waals surface area (Å²) in [4.78, 5) is 14.2. The molecular formula is C22H22FN3O3. The zero-order valence-corrected chi connectivity index (χ0v) is 15.9. The van der Waals surface area contributed by atoms with Crippen LogP contribution in [0.1, 0.15) is 18.4 Å². The van der Waals surface area contributed by atoms with Crippen LogP contribution in [0.4, 0.5) is 21.5 Å². The van der Waals surface area contributed by atoms with Gasteiger partial charge in [-0.25, -0.2) is 4.39 Å². The number of nitrogens with zero attached hydrogens (tertiary/aromatic N) is 1. The van der Waals surface area contributed by atoms with E-state index >= 15 is 0 Å². The molecule has 0 bridgehead atoms. The predicted molar refractivity (Wildman–Crippen MR) is 109 cm³/mol. The highest BCUT2D eigenvalue weighted by molar-refractivity contribution is 6.31. The fourth-order valence-corrected chi connectivity index (χ4v) is 4.16. The van der Waals surface area contributed by atoms with Crippen molar-refractivity contribution in [2.75, 3.05) is 41.8 Å². The molecule has 2 aromatic carbocycles. The van der Waals surface area contributed by atoms with Gasteiger partial charge in [-0.1, -0.05) is 18.2 Å². The summed E-state index contributed by atoms with van der Waals surface area (Å²) in [6.07, 6.45) is 3.08. The summed E-state index contributed by atoms with van der Waals surface area (Å²) >= 11 is 0. The van der Waals surface area contributed by atoms with Crippen LogP contribution in [-0.2, 0) is 14.3 Å². The largest absolute Gasteiger partial charge is 0.369 e. The zero-order valence-electron chi connectivity index (χ0n) is 15.9. The Morgan fingerprint density at radius 3 is 2.62 bits per heavy atom. The second kappa shape index (κ2) is 7.17. The molecule has 2 saturated heterocycles. The van der Waals surface area contributed by atoms with Gasteiger partial charge in [0.05, 0.1) is 24.5 Å². The molecule has 6 nitrogen and oxygen atoms in total. The number of amides is 1. The Balaban J connectivity index is 1.29. The lowest BCUT2D eigenvalue weighted by molar-refractivity contribution is -0.169. The summed E-state index contributed by atoms with van der Waals surface area (Å²) < 4.78 is 26.3. The van der Waals surface area contributed by atoms with Crippen molar-refractivity contribution in [1.82, 2.24) is 0 Å². The molecule has 2 N–H and O–H groups in total. The third kappa shape index (κ3) is 3.36. The minimum absolute atomic E-state index is 0.172. The number of piperidine rings is 1. The third-order valence-corrected chi connectivity index (χ3v) is 5.72. The van der Waals surface area contributed by atoms with Crippen molar-refractivity contribution in [2.24, 2.45) is 0 Å². The number of anilines is 3. The van der Waals surface area contributed by atoms with Crippen molar-refractivity contribution < 1.29 is 18.7 Å². The van der Waals surface area contributed by atoms with Crippen molar-refractivity contribution in [3.8, 4) is 0 Å². The summed E-state index contributed by atoms with van der Waals surface area (Å²) in [5.41, 5.74) is 3.31. The Morgan fingerprint density at radius 2 is 1.86 bits per heavy atom. The summed E-state index contributed by atoms with van der Waals surface area (Å²) in [5, 5.41) is 5.87. The van der Waals surface area contributed by atoms with Gasteiger partial charge in [0, 0.05) is 49.1 Å². The maximum atomic E-state index is 14.8. The molecule has 0 aromatic heterocycles. The van der Waals surface area contributed by atoms with Gasteiger partial charge < -0.3 is 25.0 Å². The summed E-state index contributed by atoms with van der Waals surface area (Å²) in [6, 6.07) is 12.5. The van der Waals surface area contributed by atoms with Crippen LogP contribution in [0, 0.1) is 5.82 Å². The third-order valence-electron chi connectivity index (χ3n) is 5.72. The number of para-hydroxylation sites is 1. The highest BCUT2D eigenvalue weighted by atomic mass is 19.1. The molecule has 0 unspecified atom stereocenters. The molecule has 3 aliphatic rings. The van der Waals surface area contributed by atoms with Gasteiger partial charge in [-0.15, -0.1) is 0 Å². The second-order valence-electron chi connectivity index (χ2n) is 7.46. The molecule has 0 atom stereocenters. The fourth-order valence-electron chi connectivity index (χ4n) is 4.16. The van der Waals surface area contributed by atoms with Gasteiger partial charge in [0.25, 0.3) is 5.91 Å². The quantitative estimate of drug-likeness (QED) is 0.778. The molecule has 0 saturated carbocycles. The van der Waals surface area contributed by atoms with Gasteiger partial charge in [0.2, 0.25) is 0 Å². The Labute approximate surface area is 168 Å². The molecule has 3 heterocycles. The first-order valence-corrected chi connectivity index (χ1v) is 9.83. The Bertz CT molecular complexity index is 975. The van der Waals surface area contributed by atoms with Crippen molar-refractivity contribution in [1.29, 1.82) is 0 Å². The van der Waals surface area contributed by atoms with E-state index in [1.54, 1.807) is 12.3 Å². The minimum Gasteiger partial charge on any atom is -0.369 e. The first-order valence-electron chi connectivity index (χ1n) is 9.83. The van der Waals surface area contributed by atoms with Crippen LogP contribution in [0.15, 0.2) is 48.7 Å². The maximum absolute atomic E-state index is 14.8. The SMILES string of the molecule is O=C1Nc2ccccc2/C1=C\Nc1ccc(N2CCC3(CC2)OCCO3)c(F)c1. The number of hydrogen-bond acceptors (Lipinski definition) is 5. The van der Waals surface area contributed by atoms with Gasteiger partial charge in [-0.05, 0) is 24.3 Å². The number of ether oxygens (including phenoxy) is 2. The number of fused-ring (bicyclic) bond motifs is 1. The summed E-state index contributed by atoms with van der Waals surface area (Å²) in [6.45, 7) is 2.63. The lowest BCUT2D eigenvalue weighted by atomic mass is 10.0. The number of halogens is 1. The number of carbonyl (C=O) groups is 1. The molecule has 7 heteroatoms. The molecule has 2 fully saturated rings. The molecule has 1 amide bonds. The lowest BCUT2D eigenvalue weighted by Gasteiger charge is -2.38. The smallest absolute Gasteiger partial charge is 0.257 e. The van der Waals surface area contributed by atoms with Crippen LogP contribution in [0.25, 0.3) is 5.57 Å². The summed E-state index contributed by atoms with van der Waals surface area (Å²) in [7, 11) is 0. The highest BCUT2D eigenvalue weighted by Gasteiger charge is 2.40. The molecule has 0 aliphatic carbocycles. The fraction of sp³-hybridized carbons (Fsp3) is 0.318. The van der Waals surface area contributed by atoms with Crippen LogP contribution < -0.4 is 15.5 Å². The van der Waals surface area contributed by atoms with Crippen molar-refractivity contribution in [2.45, 2.75) is 18.6 Å². The van der Waals surface area contributed by atoms with Crippen molar-refractivity contribution in [3.63, 3.8) is 0 Å². The second-order valence-corrected chi connectivity index (χ2v) is 7.46. The molecule has 1 spiro atoms. The van der Waals surface area contributed by atoms with Crippen LogP contribution >= 0.6 is 0 Å². The number of rotatable bonds is 3. The van der Waals surface area contributed by atoms with Crippen molar-refractivity contribution >= 4 is 28.5 Å².